The topological polar surface area (TPSA) is 65.9 Å². The van der Waals surface area contributed by atoms with E-state index in [1.807, 2.05) is 24.4 Å². The van der Waals surface area contributed by atoms with Gasteiger partial charge in [-0.3, -0.25) is 9.69 Å². The fourth-order valence-corrected chi connectivity index (χ4v) is 3.57. The van der Waals surface area contributed by atoms with Gasteiger partial charge in [0.1, 0.15) is 5.82 Å². The second-order valence-corrected chi connectivity index (χ2v) is 6.04. The van der Waals surface area contributed by atoms with E-state index in [1.54, 1.807) is 0 Å². The molecule has 3 rings (SSSR count). The molecule has 6 nitrogen and oxygen atoms in total. The standard InChI is InChI=1S/C16H23N3O3/c1-22-16(21)12-10-13(14(20)11-12)18-6-8-19(9-7-18)15-4-2-3-5-17-15/h2-5,12-14,20H,6-11H2,1H3/t12-,13+,14-/m0/s1. The van der Waals surface area contributed by atoms with Gasteiger partial charge in [0.15, 0.2) is 0 Å². The molecule has 3 atom stereocenters. The van der Waals surface area contributed by atoms with Crippen molar-refractivity contribution in [2.75, 3.05) is 38.2 Å². The van der Waals surface area contributed by atoms with Crippen molar-refractivity contribution in [2.45, 2.75) is 25.0 Å². The van der Waals surface area contributed by atoms with Crippen LogP contribution in [0.2, 0.25) is 0 Å². The summed E-state index contributed by atoms with van der Waals surface area (Å²) >= 11 is 0. The smallest absolute Gasteiger partial charge is 0.308 e. The predicted octanol–water partition coefficient (Wildman–Crippen LogP) is 0.516. The van der Waals surface area contributed by atoms with Crippen molar-refractivity contribution in [3.8, 4) is 0 Å². The molecule has 120 valence electrons. The van der Waals surface area contributed by atoms with Crippen LogP contribution in [-0.4, -0.2) is 66.4 Å². The van der Waals surface area contributed by atoms with Crippen molar-refractivity contribution in [3.05, 3.63) is 24.4 Å². The van der Waals surface area contributed by atoms with Gasteiger partial charge in [-0.2, -0.15) is 0 Å². The highest BCUT2D eigenvalue weighted by Crippen LogP contribution is 2.31. The lowest BCUT2D eigenvalue weighted by Gasteiger charge is -2.39. The lowest BCUT2D eigenvalue weighted by Crippen LogP contribution is -2.52. The quantitative estimate of drug-likeness (QED) is 0.821. The van der Waals surface area contributed by atoms with Gasteiger partial charge in [-0.05, 0) is 25.0 Å². The van der Waals surface area contributed by atoms with Gasteiger partial charge in [-0.1, -0.05) is 6.07 Å². The van der Waals surface area contributed by atoms with Crippen molar-refractivity contribution >= 4 is 11.8 Å². The van der Waals surface area contributed by atoms with Gasteiger partial charge in [-0.25, -0.2) is 4.98 Å². The summed E-state index contributed by atoms with van der Waals surface area (Å²) in [5.74, 6) is 0.633. The fraction of sp³-hybridized carbons (Fsp3) is 0.625. The molecule has 2 fully saturated rings. The summed E-state index contributed by atoms with van der Waals surface area (Å²) < 4.78 is 4.81. The molecule has 1 saturated carbocycles. The van der Waals surface area contributed by atoms with E-state index in [0.29, 0.717) is 12.8 Å². The highest BCUT2D eigenvalue weighted by molar-refractivity contribution is 5.72. The number of piperazine rings is 1. The average molecular weight is 305 g/mol. The fourth-order valence-electron chi connectivity index (χ4n) is 3.57. The number of nitrogens with zero attached hydrogens (tertiary/aromatic N) is 3. The number of aliphatic hydroxyl groups excluding tert-OH is 1. The van der Waals surface area contributed by atoms with Crippen molar-refractivity contribution < 1.29 is 14.6 Å². The number of hydrogen-bond donors (Lipinski definition) is 1. The number of carbonyl (C=O) groups excluding carboxylic acids is 1. The van der Waals surface area contributed by atoms with Crippen molar-refractivity contribution in [1.29, 1.82) is 0 Å². The van der Waals surface area contributed by atoms with Gasteiger partial charge in [0.05, 0.1) is 19.1 Å². The lowest BCUT2D eigenvalue weighted by atomic mass is 10.1. The summed E-state index contributed by atoms with van der Waals surface area (Å²) in [7, 11) is 1.41. The normalized spacial score (nSPS) is 29.5. The zero-order valence-electron chi connectivity index (χ0n) is 12.9. The number of esters is 1. The van der Waals surface area contributed by atoms with E-state index in [0.717, 1.165) is 32.0 Å². The largest absolute Gasteiger partial charge is 0.469 e. The molecule has 1 N–H and O–H groups in total. The highest BCUT2D eigenvalue weighted by atomic mass is 16.5. The van der Waals surface area contributed by atoms with Gasteiger partial charge in [0, 0.05) is 38.4 Å². The number of aromatic nitrogens is 1. The molecule has 0 bridgehead atoms. The second kappa shape index (κ2) is 6.62. The third-order valence-electron chi connectivity index (χ3n) is 4.79. The zero-order chi connectivity index (χ0) is 15.5. The van der Waals surface area contributed by atoms with Crippen LogP contribution in [0.15, 0.2) is 24.4 Å². The van der Waals surface area contributed by atoms with E-state index in [9.17, 15) is 9.90 Å². The predicted molar refractivity (Wildman–Crippen MR) is 82.6 cm³/mol. The first-order valence-electron chi connectivity index (χ1n) is 7.85. The Kier molecular flexibility index (Phi) is 4.59. The molecular weight excluding hydrogens is 282 g/mol. The van der Waals surface area contributed by atoms with E-state index in [-0.39, 0.29) is 17.9 Å². The van der Waals surface area contributed by atoms with E-state index < -0.39 is 6.10 Å². The minimum absolute atomic E-state index is 0.0648. The third kappa shape index (κ3) is 3.08. The van der Waals surface area contributed by atoms with Crippen LogP contribution < -0.4 is 4.90 Å². The number of aliphatic hydroxyl groups is 1. The Morgan fingerprint density at radius 3 is 2.68 bits per heavy atom. The Hall–Kier alpha value is -1.66. The van der Waals surface area contributed by atoms with E-state index in [2.05, 4.69) is 14.8 Å². The van der Waals surface area contributed by atoms with Crippen LogP contribution in [-0.2, 0) is 9.53 Å². The monoisotopic (exact) mass is 305 g/mol. The van der Waals surface area contributed by atoms with Gasteiger partial charge < -0.3 is 14.7 Å². The Morgan fingerprint density at radius 1 is 1.27 bits per heavy atom. The summed E-state index contributed by atoms with van der Waals surface area (Å²) in [6.07, 6.45) is 2.57. The van der Waals surface area contributed by atoms with Crippen LogP contribution in [0.4, 0.5) is 5.82 Å². The highest BCUT2D eigenvalue weighted by Gasteiger charge is 2.41. The molecule has 0 aromatic carbocycles. The van der Waals surface area contributed by atoms with Crippen molar-refractivity contribution in [3.63, 3.8) is 0 Å². The van der Waals surface area contributed by atoms with Crippen molar-refractivity contribution in [2.24, 2.45) is 5.92 Å². The van der Waals surface area contributed by atoms with Crippen LogP contribution in [0.25, 0.3) is 0 Å². The lowest BCUT2D eigenvalue weighted by molar-refractivity contribution is -0.145. The van der Waals surface area contributed by atoms with Crippen LogP contribution >= 0.6 is 0 Å². The number of carbonyl (C=O) groups is 1. The Morgan fingerprint density at radius 2 is 2.05 bits per heavy atom. The summed E-state index contributed by atoms with van der Waals surface area (Å²) in [6, 6.07) is 6.00. The molecule has 0 radical (unpaired) electrons. The number of pyridine rings is 1. The molecule has 2 heterocycles. The summed E-state index contributed by atoms with van der Waals surface area (Å²) in [5, 5.41) is 10.3. The summed E-state index contributed by atoms with van der Waals surface area (Å²) in [5.41, 5.74) is 0. The van der Waals surface area contributed by atoms with Gasteiger partial charge in [0.2, 0.25) is 0 Å². The molecule has 1 aromatic rings. The number of anilines is 1. The molecule has 1 saturated heterocycles. The van der Waals surface area contributed by atoms with Crippen LogP contribution in [0.3, 0.4) is 0 Å². The SMILES string of the molecule is COC(=O)[C@H]1C[C@@H](N2CCN(c3ccccn3)CC2)[C@@H](O)C1. The number of rotatable bonds is 3. The Bertz CT molecular complexity index is 503. The maximum atomic E-state index is 11.7. The first kappa shape index (κ1) is 15.2. The number of ether oxygens (including phenoxy) is 1. The third-order valence-corrected chi connectivity index (χ3v) is 4.79. The molecule has 1 aromatic heterocycles. The first-order chi connectivity index (χ1) is 10.7. The molecule has 0 spiro atoms. The average Bonchev–Trinajstić information content (AvgIpc) is 2.97. The minimum Gasteiger partial charge on any atom is -0.469 e. The molecule has 2 aliphatic rings. The van der Waals surface area contributed by atoms with Crippen LogP contribution in [0, 0.1) is 5.92 Å². The second-order valence-electron chi connectivity index (χ2n) is 6.04. The maximum Gasteiger partial charge on any atom is 0.308 e. The van der Waals surface area contributed by atoms with E-state index >= 15 is 0 Å². The Balaban J connectivity index is 1.56. The van der Waals surface area contributed by atoms with Crippen molar-refractivity contribution in [1.82, 2.24) is 9.88 Å². The molecule has 6 heteroatoms. The van der Waals surface area contributed by atoms with Crippen LogP contribution in [0.1, 0.15) is 12.8 Å². The van der Waals surface area contributed by atoms with Gasteiger partial charge in [0.25, 0.3) is 0 Å². The summed E-state index contributed by atoms with van der Waals surface area (Å²) in [6.45, 7) is 3.55. The molecule has 0 amide bonds. The number of hydrogen-bond acceptors (Lipinski definition) is 6. The number of methoxy groups -OCH3 is 1. The maximum absolute atomic E-state index is 11.7. The van der Waals surface area contributed by atoms with Gasteiger partial charge >= 0.3 is 5.97 Å². The van der Waals surface area contributed by atoms with E-state index in [1.165, 1.54) is 7.11 Å². The van der Waals surface area contributed by atoms with Crippen LogP contribution in [0.5, 0.6) is 0 Å². The van der Waals surface area contributed by atoms with Gasteiger partial charge in [-0.15, -0.1) is 0 Å². The molecule has 0 unspecified atom stereocenters. The van der Waals surface area contributed by atoms with E-state index in [4.69, 9.17) is 4.74 Å². The molecule has 1 aliphatic heterocycles. The Labute approximate surface area is 130 Å². The molecule has 22 heavy (non-hydrogen) atoms. The molecule has 1 aliphatic carbocycles. The first-order valence-corrected chi connectivity index (χ1v) is 7.85. The zero-order valence-corrected chi connectivity index (χ0v) is 12.9. The summed E-state index contributed by atoms with van der Waals surface area (Å²) in [4.78, 5) is 20.6. The minimum atomic E-state index is -0.439. The molecular formula is C16H23N3O3.